The molecule has 0 aliphatic carbocycles. The fourth-order valence-electron chi connectivity index (χ4n) is 3.09. The van der Waals surface area contributed by atoms with Gasteiger partial charge in [0, 0.05) is 38.9 Å². The molecule has 0 bridgehead atoms. The second-order valence-corrected chi connectivity index (χ2v) is 6.42. The summed E-state index contributed by atoms with van der Waals surface area (Å²) < 4.78 is 13.4. The van der Waals surface area contributed by atoms with Crippen molar-refractivity contribution in [3.05, 3.63) is 59.5 Å². The first-order valence-electron chi connectivity index (χ1n) is 9.11. The van der Waals surface area contributed by atoms with Crippen molar-refractivity contribution in [3.8, 4) is 0 Å². The van der Waals surface area contributed by atoms with Crippen LogP contribution < -0.4 is 10.2 Å². The predicted octanol–water partition coefficient (Wildman–Crippen LogP) is 3.43. The first kappa shape index (κ1) is 21.4. The Balaban J connectivity index is 0.00000261. The third kappa shape index (κ3) is 5.79. The summed E-state index contributed by atoms with van der Waals surface area (Å²) in [5.74, 6) is 1.77. The van der Waals surface area contributed by atoms with Gasteiger partial charge in [-0.05, 0) is 43.2 Å². The Bertz CT molecular complexity index is 745. The van der Waals surface area contributed by atoms with Gasteiger partial charge in [0.15, 0.2) is 5.96 Å². The number of aryl methyl sites for hydroxylation is 1. The van der Waals surface area contributed by atoms with Crippen LogP contribution in [0.1, 0.15) is 18.1 Å². The molecule has 27 heavy (non-hydrogen) atoms. The second-order valence-electron chi connectivity index (χ2n) is 6.42. The minimum atomic E-state index is -0.171. The molecule has 0 amide bonds. The molecule has 0 saturated carbocycles. The molecule has 3 rings (SSSR count). The van der Waals surface area contributed by atoms with Gasteiger partial charge in [-0.25, -0.2) is 14.4 Å². The zero-order valence-electron chi connectivity index (χ0n) is 15.9. The van der Waals surface area contributed by atoms with Gasteiger partial charge in [-0.3, -0.25) is 0 Å². The van der Waals surface area contributed by atoms with E-state index in [0.29, 0.717) is 12.1 Å². The quantitative estimate of drug-likeness (QED) is 0.411. The number of nitrogens with zero attached hydrogens (tertiary/aromatic N) is 4. The van der Waals surface area contributed by atoms with Crippen LogP contribution in [0.5, 0.6) is 0 Å². The lowest BCUT2D eigenvalue weighted by molar-refractivity contribution is 0.371. The van der Waals surface area contributed by atoms with Gasteiger partial charge in [-0.1, -0.05) is 18.2 Å². The molecule has 146 valence electrons. The first-order chi connectivity index (χ1) is 12.7. The van der Waals surface area contributed by atoms with E-state index in [9.17, 15) is 4.39 Å². The van der Waals surface area contributed by atoms with E-state index in [0.717, 1.165) is 50.1 Å². The molecule has 0 radical (unpaired) electrons. The molecule has 5 nitrogen and oxygen atoms in total. The average Bonchev–Trinajstić information content (AvgIpc) is 2.68. The Morgan fingerprint density at radius 1 is 1.19 bits per heavy atom. The van der Waals surface area contributed by atoms with Crippen LogP contribution in [0.2, 0.25) is 0 Å². The Kier molecular flexibility index (Phi) is 8.27. The molecular weight excluding hydrogens is 456 g/mol. The van der Waals surface area contributed by atoms with Gasteiger partial charge in [0.2, 0.25) is 0 Å². The average molecular weight is 483 g/mol. The largest absolute Gasteiger partial charge is 0.357 e. The Morgan fingerprint density at radius 2 is 1.96 bits per heavy atom. The number of anilines is 1. The van der Waals surface area contributed by atoms with Crippen LogP contribution in [-0.2, 0) is 6.54 Å². The van der Waals surface area contributed by atoms with Crippen LogP contribution >= 0.6 is 24.0 Å². The van der Waals surface area contributed by atoms with E-state index in [1.54, 1.807) is 13.0 Å². The number of rotatable bonds is 4. The van der Waals surface area contributed by atoms with Crippen molar-refractivity contribution in [2.75, 3.05) is 37.6 Å². The van der Waals surface area contributed by atoms with E-state index in [1.165, 1.54) is 6.07 Å². The fraction of sp³-hybridized carbons (Fsp3) is 0.400. The number of benzene rings is 1. The van der Waals surface area contributed by atoms with Crippen molar-refractivity contribution in [2.45, 2.75) is 20.4 Å². The van der Waals surface area contributed by atoms with Gasteiger partial charge < -0.3 is 15.1 Å². The number of hydrogen-bond acceptors (Lipinski definition) is 3. The molecule has 1 saturated heterocycles. The SMILES string of the molecule is CCNC(=NCc1ccc(F)c(C)c1)N1CCN(c2ccccn2)CC1.I. The molecule has 7 heteroatoms. The zero-order chi connectivity index (χ0) is 18.4. The lowest BCUT2D eigenvalue weighted by Gasteiger charge is -2.37. The summed E-state index contributed by atoms with van der Waals surface area (Å²) in [7, 11) is 0. The van der Waals surface area contributed by atoms with Crippen molar-refractivity contribution in [3.63, 3.8) is 0 Å². The minimum Gasteiger partial charge on any atom is -0.357 e. The minimum absolute atomic E-state index is 0. The Hall–Kier alpha value is -1.90. The van der Waals surface area contributed by atoms with Crippen molar-refractivity contribution in [1.82, 2.24) is 15.2 Å². The normalized spacial score (nSPS) is 14.7. The second kappa shape index (κ2) is 10.4. The van der Waals surface area contributed by atoms with Crippen molar-refractivity contribution in [1.29, 1.82) is 0 Å². The van der Waals surface area contributed by atoms with Crippen molar-refractivity contribution < 1.29 is 4.39 Å². The monoisotopic (exact) mass is 483 g/mol. The molecule has 1 aliphatic rings. The number of aromatic nitrogens is 1. The zero-order valence-corrected chi connectivity index (χ0v) is 18.2. The third-order valence-electron chi connectivity index (χ3n) is 4.52. The molecule has 1 aliphatic heterocycles. The fourth-order valence-corrected chi connectivity index (χ4v) is 3.09. The molecule has 2 heterocycles. The van der Waals surface area contributed by atoms with Gasteiger partial charge in [0.05, 0.1) is 6.54 Å². The number of halogens is 2. The molecule has 1 fully saturated rings. The number of hydrogen-bond donors (Lipinski definition) is 1. The molecule has 1 aromatic carbocycles. The van der Waals surface area contributed by atoms with Gasteiger partial charge in [-0.2, -0.15) is 0 Å². The van der Waals surface area contributed by atoms with Gasteiger partial charge >= 0.3 is 0 Å². The van der Waals surface area contributed by atoms with Crippen LogP contribution in [0.3, 0.4) is 0 Å². The smallest absolute Gasteiger partial charge is 0.194 e. The molecule has 0 unspecified atom stereocenters. The van der Waals surface area contributed by atoms with Gasteiger partial charge in [-0.15, -0.1) is 24.0 Å². The van der Waals surface area contributed by atoms with E-state index in [2.05, 4.69) is 27.0 Å². The standard InChI is InChI=1S/C20H26FN5.HI/c1-3-22-20(24-15-17-7-8-18(21)16(2)14-17)26-12-10-25(11-13-26)19-6-4-5-9-23-19;/h4-9,14H,3,10-13,15H2,1-2H3,(H,22,24);1H. The molecule has 1 aromatic heterocycles. The van der Waals surface area contributed by atoms with Crippen LogP contribution in [0.4, 0.5) is 10.2 Å². The van der Waals surface area contributed by atoms with Gasteiger partial charge in [0.25, 0.3) is 0 Å². The first-order valence-corrected chi connectivity index (χ1v) is 9.11. The number of guanidine groups is 1. The van der Waals surface area contributed by atoms with Crippen molar-refractivity contribution >= 4 is 35.8 Å². The van der Waals surface area contributed by atoms with Crippen LogP contribution in [-0.4, -0.2) is 48.6 Å². The number of nitrogens with one attached hydrogen (secondary N) is 1. The van der Waals surface area contributed by atoms with E-state index < -0.39 is 0 Å². The van der Waals surface area contributed by atoms with E-state index in [1.807, 2.05) is 30.5 Å². The summed E-state index contributed by atoms with van der Waals surface area (Å²) in [4.78, 5) is 13.8. The highest BCUT2D eigenvalue weighted by Gasteiger charge is 2.20. The van der Waals surface area contributed by atoms with E-state index in [-0.39, 0.29) is 29.8 Å². The number of pyridine rings is 1. The lowest BCUT2D eigenvalue weighted by Crippen LogP contribution is -2.52. The van der Waals surface area contributed by atoms with Gasteiger partial charge in [0.1, 0.15) is 11.6 Å². The van der Waals surface area contributed by atoms with Crippen LogP contribution in [0.25, 0.3) is 0 Å². The number of piperazine rings is 1. The Labute approximate surface area is 177 Å². The third-order valence-corrected chi connectivity index (χ3v) is 4.52. The summed E-state index contributed by atoms with van der Waals surface area (Å²) >= 11 is 0. The summed E-state index contributed by atoms with van der Waals surface area (Å²) in [6, 6.07) is 11.2. The molecule has 0 spiro atoms. The topological polar surface area (TPSA) is 43.8 Å². The molecular formula is C20H27FIN5. The molecule has 1 N–H and O–H groups in total. The summed E-state index contributed by atoms with van der Waals surface area (Å²) in [5.41, 5.74) is 1.68. The van der Waals surface area contributed by atoms with Crippen LogP contribution in [0.15, 0.2) is 47.6 Å². The highest BCUT2D eigenvalue weighted by atomic mass is 127. The van der Waals surface area contributed by atoms with E-state index >= 15 is 0 Å². The maximum atomic E-state index is 13.4. The summed E-state index contributed by atoms with van der Waals surface area (Å²) in [6.07, 6.45) is 1.83. The van der Waals surface area contributed by atoms with Crippen LogP contribution in [0, 0.1) is 12.7 Å². The Morgan fingerprint density at radius 3 is 2.59 bits per heavy atom. The molecule has 0 atom stereocenters. The number of aliphatic imine (C=N–C) groups is 1. The lowest BCUT2D eigenvalue weighted by atomic mass is 10.1. The maximum absolute atomic E-state index is 13.4. The maximum Gasteiger partial charge on any atom is 0.194 e. The summed E-state index contributed by atoms with van der Waals surface area (Å²) in [6.45, 7) is 8.84. The van der Waals surface area contributed by atoms with E-state index in [4.69, 9.17) is 4.99 Å². The summed E-state index contributed by atoms with van der Waals surface area (Å²) in [5, 5.41) is 3.37. The van der Waals surface area contributed by atoms with Crippen molar-refractivity contribution in [2.24, 2.45) is 4.99 Å². The highest BCUT2D eigenvalue weighted by Crippen LogP contribution is 2.13. The molecule has 2 aromatic rings. The highest BCUT2D eigenvalue weighted by molar-refractivity contribution is 14.0. The predicted molar refractivity (Wildman–Crippen MR) is 119 cm³/mol.